The van der Waals surface area contributed by atoms with Crippen LogP contribution in [0, 0.1) is 0 Å². The van der Waals surface area contributed by atoms with E-state index in [2.05, 4.69) is 20.6 Å². The maximum Gasteiger partial charge on any atom is 0.239 e. The minimum absolute atomic E-state index is 0.137. The van der Waals surface area contributed by atoms with E-state index in [1.54, 1.807) is 12.1 Å². The molecule has 0 fully saturated rings. The first-order valence-corrected chi connectivity index (χ1v) is 5.78. The molecule has 0 saturated carbocycles. The van der Waals surface area contributed by atoms with E-state index in [0.29, 0.717) is 23.7 Å². The van der Waals surface area contributed by atoms with Crippen molar-refractivity contribution in [3.05, 3.63) is 42.0 Å². The van der Waals surface area contributed by atoms with E-state index in [1.165, 1.54) is 4.63 Å². The molecule has 7 heteroatoms. The molecular formula is C12H11N5O2. The minimum Gasteiger partial charge on any atom is -0.438 e. The molecule has 3 rings (SSSR count). The first-order valence-electron chi connectivity index (χ1n) is 5.78. The van der Waals surface area contributed by atoms with E-state index in [0.717, 1.165) is 5.56 Å². The van der Waals surface area contributed by atoms with Crippen LogP contribution in [0.15, 0.2) is 36.4 Å². The van der Waals surface area contributed by atoms with Crippen molar-refractivity contribution >= 4 is 5.65 Å². The largest absolute Gasteiger partial charge is 0.438 e. The van der Waals surface area contributed by atoms with Crippen LogP contribution < -0.4 is 4.74 Å². The molecule has 0 amide bonds. The predicted octanol–water partition coefficient (Wildman–Crippen LogP) is 0.846. The van der Waals surface area contributed by atoms with E-state index < -0.39 is 0 Å². The second kappa shape index (κ2) is 4.99. The third kappa shape index (κ3) is 2.50. The summed E-state index contributed by atoms with van der Waals surface area (Å²) in [6.07, 6.45) is 0.634. The number of rotatable bonds is 4. The molecule has 1 N–H and O–H groups in total. The zero-order valence-corrected chi connectivity index (χ0v) is 9.97. The van der Waals surface area contributed by atoms with Crippen LogP contribution in [0.25, 0.3) is 5.65 Å². The number of hydrogen-bond donors (Lipinski definition) is 1. The van der Waals surface area contributed by atoms with Crippen molar-refractivity contribution in [3.63, 3.8) is 0 Å². The quantitative estimate of drug-likeness (QED) is 0.745. The van der Waals surface area contributed by atoms with E-state index in [-0.39, 0.29) is 6.61 Å². The monoisotopic (exact) mass is 257 g/mol. The molecule has 0 aliphatic heterocycles. The molecule has 0 radical (unpaired) electrons. The average molecular weight is 257 g/mol. The van der Waals surface area contributed by atoms with Crippen LogP contribution in [-0.4, -0.2) is 37.0 Å². The standard InChI is InChI=1S/C12H11N5O2/c18-8-7-9-1-3-10(4-2-9)19-12-6-5-11-13-15-16-17(11)14-12/h1-6,18H,7-8H2. The maximum absolute atomic E-state index is 8.84. The highest BCUT2D eigenvalue weighted by Gasteiger charge is 2.03. The molecule has 0 aliphatic rings. The lowest BCUT2D eigenvalue weighted by Gasteiger charge is -2.05. The number of fused-ring (bicyclic) bond motifs is 1. The molecular weight excluding hydrogens is 246 g/mol. The number of ether oxygens (including phenoxy) is 1. The summed E-state index contributed by atoms with van der Waals surface area (Å²) in [7, 11) is 0. The Bertz CT molecular complexity index is 680. The Hall–Kier alpha value is -2.54. The summed E-state index contributed by atoms with van der Waals surface area (Å²) in [5, 5.41) is 23.9. The molecule has 19 heavy (non-hydrogen) atoms. The number of benzene rings is 1. The fraction of sp³-hybridized carbons (Fsp3) is 0.167. The van der Waals surface area contributed by atoms with Crippen molar-refractivity contribution < 1.29 is 9.84 Å². The SMILES string of the molecule is OCCc1ccc(Oc2ccc3nnnn3n2)cc1. The summed E-state index contributed by atoms with van der Waals surface area (Å²) in [6.45, 7) is 0.137. The van der Waals surface area contributed by atoms with Gasteiger partial charge in [-0.25, -0.2) is 0 Å². The molecule has 0 atom stereocenters. The zero-order chi connectivity index (χ0) is 13.1. The lowest BCUT2D eigenvalue weighted by molar-refractivity contribution is 0.299. The van der Waals surface area contributed by atoms with Crippen molar-refractivity contribution in [2.75, 3.05) is 6.61 Å². The topological polar surface area (TPSA) is 85.4 Å². The fourth-order valence-electron chi connectivity index (χ4n) is 1.66. The Labute approximate surface area is 108 Å². The Morgan fingerprint density at radius 1 is 1.11 bits per heavy atom. The summed E-state index contributed by atoms with van der Waals surface area (Å²) in [6, 6.07) is 10.9. The summed E-state index contributed by atoms with van der Waals surface area (Å²) in [4.78, 5) is 0. The number of tetrazole rings is 1. The van der Waals surface area contributed by atoms with Crippen LogP contribution in [0.2, 0.25) is 0 Å². The van der Waals surface area contributed by atoms with Crippen LogP contribution >= 0.6 is 0 Å². The molecule has 0 aliphatic carbocycles. The number of aliphatic hydroxyl groups excluding tert-OH is 1. The first-order chi connectivity index (χ1) is 9.35. The van der Waals surface area contributed by atoms with Gasteiger partial charge in [0, 0.05) is 12.7 Å². The van der Waals surface area contributed by atoms with E-state index in [4.69, 9.17) is 9.84 Å². The van der Waals surface area contributed by atoms with Crippen LogP contribution in [0.3, 0.4) is 0 Å². The highest BCUT2D eigenvalue weighted by Crippen LogP contribution is 2.19. The molecule has 0 bridgehead atoms. The number of aliphatic hydroxyl groups is 1. The fourth-order valence-corrected chi connectivity index (χ4v) is 1.66. The van der Waals surface area contributed by atoms with Gasteiger partial charge in [0.1, 0.15) is 5.75 Å². The smallest absolute Gasteiger partial charge is 0.239 e. The van der Waals surface area contributed by atoms with Gasteiger partial charge in [-0.15, -0.1) is 14.8 Å². The van der Waals surface area contributed by atoms with Crippen molar-refractivity contribution in [2.24, 2.45) is 0 Å². The number of aromatic nitrogens is 5. The number of hydrogen-bond acceptors (Lipinski definition) is 6. The van der Waals surface area contributed by atoms with Crippen molar-refractivity contribution in [3.8, 4) is 11.6 Å². The van der Waals surface area contributed by atoms with Crippen molar-refractivity contribution in [2.45, 2.75) is 6.42 Å². The molecule has 7 nitrogen and oxygen atoms in total. The third-order valence-electron chi connectivity index (χ3n) is 2.59. The van der Waals surface area contributed by atoms with Crippen LogP contribution in [0.5, 0.6) is 11.6 Å². The lowest BCUT2D eigenvalue weighted by Crippen LogP contribution is -1.97. The number of nitrogens with zero attached hydrogens (tertiary/aromatic N) is 5. The second-order valence-electron chi connectivity index (χ2n) is 3.92. The Kier molecular flexibility index (Phi) is 3.03. The molecule has 96 valence electrons. The van der Waals surface area contributed by atoms with E-state index in [9.17, 15) is 0 Å². The highest BCUT2D eigenvalue weighted by atomic mass is 16.5. The maximum atomic E-state index is 8.84. The van der Waals surface area contributed by atoms with Gasteiger partial charge in [-0.3, -0.25) is 0 Å². The average Bonchev–Trinajstić information content (AvgIpc) is 2.89. The predicted molar refractivity (Wildman–Crippen MR) is 65.9 cm³/mol. The molecule has 0 spiro atoms. The van der Waals surface area contributed by atoms with E-state index in [1.807, 2.05) is 24.3 Å². The normalized spacial score (nSPS) is 10.8. The molecule has 0 saturated heterocycles. The minimum atomic E-state index is 0.137. The van der Waals surface area contributed by atoms with E-state index >= 15 is 0 Å². The van der Waals surface area contributed by atoms with Crippen molar-refractivity contribution in [1.29, 1.82) is 0 Å². The van der Waals surface area contributed by atoms with Gasteiger partial charge in [-0.1, -0.05) is 12.1 Å². The van der Waals surface area contributed by atoms with Gasteiger partial charge in [-0.05, 0) is 40.6 Å². The Morgan fingerprint density at radius 3 is 2.74 bits per heavy atom. The summed E-state index contributed by atoms with van der Waals surface area (Å²) in [5.41, 5.74) is 1.62. The molecule has 3 aromatic rings. The van der Waals surface area contributed by atoms with Gasteiger partial charge in [0.25, 0.3) is 0 Å². The lowest BCUT2D eigenvalue weighted by atomic mass is 10.1. The molecule has 1 aromatic carbocycles. The van der Waals surface area contributed by atoms with Crippen LogP contribution in [-0.2, 0) is 6.42 Å². The zero-order valence-electron chi connectivity index (χ0n) is 9.97. The highest BCUT2D eigenvalue weighted by molar-refractivity contribution is 5.36. The van der Waals surface area contributed by atoms with Gasteiger partial charge < -0.3 is 9.84 Å². The van der Waals surface area contributed by atoms with Crippen LogP contribution in [0.4, 0.5) is 0 Å². The summed E-state index contributed by atoms with van der Waals surface area (Å²) >= 11 is 0. The Balaban J connectivity index is 1.79. The van der Waals surface area contributed by atoms with Gasteiger partial charge in [0.2, 0.25) is 5.88 Å². The van der Waals surface area contributed by atoms with Crippen LogP contribution in [0.1, 0.15) is 5.56 Å². The van der Waals surface area contributed by atoms with Gasteiger partial charge >= 0.3 is 0 Å². The Morgan fingerprint density at radius 2 is 1.95 bits per heavy atom. The van der Waals surface area contributed by atoms with Gasteiger partial charge in [0.05, 0.1) is 0 Å². The second-order valence-corrected chi connectivity index (χ2v) is 3.92. The first kappa shape index (κ1) is 11.5. The van der Waals surface area contributed by atoms with Gasteiger partial charge in [-0.2, -0.15) is 0 Å². The molecule has 2 heterocycles. The summed E-state index contributed by atoms with van der Waals surface area (Å²) in [5.74, 6) is 1.08. The summed E-state index contributed by atoms with van der Waals surface area (Å²) < 4.78 is 6.90. The third-order valence-corrected chi connectivity index (χ3v) is 2.59. The molecule has 2 aromatic heterocycles. The van der Waals surface area contributed by atoms with Gasteiger partial charge in [0.15, 0.2) is 5.65 Å². The van der Waals surface area contributed by atoms with Crippen molar-refractivity contribution in [1.82, 2.24) is 25.3 Å². The molecule has 0 unspecified atom stereocenters.